The fourth-order valence-electron chi connectivity index (χ4n) is 3.45. The molecule has 1 saturated heterocycles. The van der Waals surface area contributed by atoms with Gasteiger partial charge < -0.3 is 20.3 Å². The Labute approximate surface area is 162 Å². The minimum absolute atomic E-state index is 0. The van der Waals surface area contributed by atoms with E-state index in [-0.39, 0.29) is 29.5 Å². The first-order valence-corrected chi connectivity index (χ1v) is 9.63. The molecule has 0 radical (unpaired) electrons. The van der Waals surface area contributed by atoms with E-state index in [1.807, 2.05) is 18.8 Å². The second-order valence-corrected chi connectivity index (χ2v) is 7.81. The second-order valence-electron chi connectivity index (χ2n) is 6.67. The molecule has 1 aliphatic carbocycles. The summed E-state index contributed by atoms with van der Waals surface area (Å²) >= 11 is 1.99. The molecule has 0 spiro atoms. The minimum Gasteiger partial charge on any atom is -0.381 e. The van der Waals surface area contributed by atoms with Crippen molar-refractivity contribution in [1.82, 2.24) is 15.5 Å². The highest BCUT2D eigenvalue weighted by atomic mass is 127. The maximum Gasteiger partial charge on any atom is 0.191 e. The Balaban J connectivity index is 0.00000264. The van der Waals surface area contributed by atoms with Crippen LogP contribution in [-0.4, -0.2) is 74.8 Å². The monoisotopic (exact) mass is 456 g/mol. The van der Waals surface area contributed by atoms with E-state index in [2.05, 4.69) is 40.9 Å². The Morgan fingerprint density at radius 2 is 2.00 bits per heavy atom. The second kappa shape index (κ2) is 10.3. The van der Waals surface area contributed by atoms with Crippen LogP contribution >= 0.6 is 35.7 Å². The summed E-state index contributed by atoms with van der Waals surface area (Å²) in [6.07, 6.45) is 8.16. The average molecular weight is 456 g/mol. The molecule has 0 aromatic rings. The van der Waals surface area contributed by atoms with Crippen molar-refractivity contribution in [3.8, 4) is 0 Å². The van der Waals surface area contributed by atoms with Crippen LogP contribution in [0.1, 0.15) is 32.1 Å². The predicted molar refractivity (Wildman–Crippen MR) is 111 cm³/mol. The quantitative estimate of drug-likeness (QED) is 0.377. The maximum absolute atomic E-state index is 5.54. The van der Waals surface area contributed by atoms with Crippen LogP contribution in [0.5, 0.6) is 0 Å². The summed E-state index contributed by atoms with van der Waals surface area (Å²) in [5.41, 5.74) is 0.174. The van der Waals surface area contributed by atoms with Gasteiger partial charge in [-0.15, -0.1) is 24.0 Å². The third kappa shape index (κ3) is 5.93. The minimum atomic E-state index is 0. The Morgan fingerprint density at radius 3 is 2.52 bits per heavy atom. The molecule has 2 atom stereocenters. The van der Waals surface area contributed by atoms with Gasteiger partial charge in [-0.3, -0.25) is 4.99 Å². The molecular formula is C16H33IN4OS. The molecule has 0 bridgehead atoms. The summed E-state index contributed by atoms with van der Waals surface area (Å²) in [6.45, 7) is 2.62. The lowest BCUT2D eigenvalue weighted by Crippen LogP contribution is -2.57. The normalized spacial score (nSPS) is 27.6. The van der Waals surface area contributed by atoms with E-state index >= 15 is 0 Å². The van der Waals surface area contributed by atoms with E-state index in [1.54, 1.807) is 0 Å². The molecule has 1 heterocycles. The molecule has 1 saturated carbocycles. The summed E-state index contributed by atoms with van der Waals surface area (Å²) in [5.74, 6) is 0.944. The summed E-state index contributed by atoms with van der Waals surface area (Å²) in [5, 5.41) is 7.96. The van der Waals surface area contributed by atoms with Crippen LogP contribution in [-0.2, 0) is 4.74 Å². The molecule has 0 aromatic heterocycles. The van der Waals surface area contributed by atoms with Gasteiger partial charge in [0.15, 0.2) is 5.96 Å². The number of thioether (sulfide) groups is 1. The lowest BCUT2D eigenvalue weighted by molar-refractivity contribution is -0.00502. The van der Waals surface area contributed by atoms with Gasteiger partial charge >= 0.3 is 0 Å². The van der Waals surface area contributed by atoms with Crippen LogP contribution < -0.4 is 10.6 Å². The largest absolute Gasteiger partial charge is 0.381 e. The third-order valence-electron chi connectivity index (χ3n) is 5.24. The van der Waals surface area contributed by atoms with Crippen molar-refractivity contribution >= 4 is 41.7 Å². The summed E-state index contributed by atoms with van der Waals surface area (Å²) < 4.78 is 5.54. The molecule has 1 aliphatic heterocycles. The SMILES string of the molecule is CN=C(NCC1(N(C)C)CCOCC1)NC1CCC(SC)C1.I. The molecule has 0 amide bonds. The van der Waals surface area contributed by atoms with Crippen molar-refractivity contribution in [2.45, 2.75) is 48.9 Å². The molecule has 0 aromatic carbocycles. The number of halogens is 1. The first-order valence-electron chi connectivity index (χ1n) is 8.35. The molecule has 136 valence electrons. The van der Waals surface area contributed by atoms with E-state index in [9.17, 15) is 0 Å². The number of nitrogens with one attached hydrogen (secondary N) is 2. The summed E-state index contributed by atoms with van der Waals surface area (Å²) in [6, 6.07) is 0.564. The summed E-state index contributed by atoms with van der Waals surface area (Å²) in [4.78, 5) is 6.76. The van der Waals surface area contributed by atoms with Gasteiger partial charge in [0.25, 0.3) is 0 Å². The van der Waals surface area contributed by atoms with E-state index in [4.69, 9.17) is 4.74 Å². The van der Waals surface area contributed by atoms with Crippen LogP contribution in [0.15, 0.2) is 4.99 Å². The number of likely N-dealkylation sites (N-methyl/N-ethyl adjacent to an activating group) is 1. The standard InChI is InChI=1S/C16H32N4OS.HI/c1-17-15(19-13-5-6-14(11-13)22-4)18-12-16(20(2)3)7-9-21-10-8-16;/h13-14H,5-12H2,1-4H3,(H2,17,18,19);1H. The molecule has 2 aliphatic rings. The highest BCUT2D eigenvalue weighted by Gasteiger charge is 2.35. The lowest BCUT2D eigenvalue weighted by atomic mass is 9.88. The molecule has 2 N–H and O–H groups in total. The van der Waals surface area contributed by atoms with Crippen LogP contribution in [0, 0.1) is 0 Å². The zero-order chi connectivity index (χ0) is 16.0. The van der Waals surface area contributed by atoms with Gasteiger partial charge in [0, 0.05) is 43.6 Å². The van der Waals surface area contributed by atoms with Crippen molar-refractivity contribution < 1.29 is 4.74 Å². The number of hydrogen-bond acceptors (Lipinski definition) is 4. The lowest BCUT2D eigenvalue weighted by Gasteiger charge is -2.43. The number of aliphatic imine (C=N–C) groups is 1. The number of ether oxygens (including phenoxy) is 1. The van der Waals surface area contributed by atoms with Crippen molar-refractivity contribution in [2.24, 2.45) is 4.99 Å². The fraction of sp³-hybridized carbons (Fsp3) is 0.938. The van der Waals surface area contributed by atoms with Crippen molar-refractivity contribution in [2.75, 3.05) is 47.2 Å². The highest BCUT2D eigenvalue weighted by molar-refractivity contribution is 14.0. The van der Waals surface area contributed by atoms with Gasteiger partial charge in [-0.2, -0.15) is 11.8 Å². The number of hydrogen-bond donors (Lipinski definition) is 2. The van der Waals surface area contributed by atoms with Crippen molar-refractivity contribution in [1.29, 1.82) is 0 Å². The van der Waals surface area contributed by atoms with Gasteiger partial charge in [0.05, 0.1) is 0 Å². The highest BCUT2D eigenvalue weighted by Crippen LogP contribution is 2.28. The smallest absolute Gasteiger partial charge is 0.191 e. The molecular weight excluding hydrogens is 423 g/mol. The third-order valence-corrected chi connectivity index (χ3v) is 6.33. The van der Waals surface area contributed by atoms with E-state index in [1.165, 1.54) is 19.3 Å². The molecule has 5 nitrogen and oxygen atoms in total. The number of guanidine groups is 1. The van der Waals surface area contributed by atoms with Gasteiger partial charge in [0.2, 0.25) is 0 Å². The number of rotatable bonds is 5. The van der Waals surface area contributed by atoms with Gasteiger partial charge in [-0.1, -0.05) is 0 Å². The molecule has 2 rings (SSSR count). The van der Waals surface area contributed by atoms with Crippen LogP contribution in [0.3, 0.4) is 0 Å². The molecule has 23 heavy (non-hydrogen) atoms. The predicted octanol–water partition coefficient (Wildman–Crippen LogP) is 2.16. The Morgan fingerprint density at radius 1 is 1.30 bits per heavy atom. The van der Waals surface area contributed by atoms with Crippen LogP contribution in [0.4, 0.5) is 0 Å². The Bertz CT molecular complexity index is 375. The zero-order valence-corrected chi connectivity index (χ0v) is 18.1. The molecule has 2 unspecified atom stereocenters. The van der Waals surface area contributed by atoms with Gasteiger partial charge in [-0.05, 0) is 52.5 Å². The fourth-order valence-corrected chi connectivity index (χ4v) is 4.25. The Hall–Kier alpha value is 0.270. The number of nitrogens with zero attached hydrogens (tertiary/aromatic N) is 2. The van der Waals surface area contributed by atoms with Gasteiger partial charge in [0.1, 0.15) is 0 Å². The average Bonchev–Trinajstić information content (AvgIpc) is 2.99. The Kier molecular flexibility index (Phi) is 9.55. The van der Waals surface area contributed by atoms with Crippen molar-refractivity contribution in [3.05, 3.63) is 0 Å². The summed E-state index contributed by atoms with van der Waals surface area (Å²) in [7, 11) is 6.20. The van der Waals surface area contributed by atoms with Crippen LogP contribution in [0.2, 0.25) is 0 Å². The first-order chi connectivity index (χ1) is 10.6. The van der Waals surface area contributed by atoms with E-state index < -0.39 is 0 Å². The maximum atomic E-state index is 5.54. The molecule has 2 fully saturated rings. The molecule has 7 heteroatoms. The van der Waals surface area contributed by atoms with Crippen LogP contribution in [0.25, 0.3) is 0 Å². The van der Waals surface area contributed by atoms with Crippen molar-refractivity contribution in [3.63, 3.8) is 0 Å². The first kappa shape index (κ1) is 21.3. The van der Waals surface area contributed by atoms with Gasteiger partial charge in [-0.25, -0.2) is 0 Å². The topological polar surface area (TPSA) is 48.9 Å². The van der Waals surface area contributed by atoms with E-state index in [0.717, 1.165) is 43.8 Å². The van der Waals surface area contributed by atoms with E-state index in [0.29, 0.717) is 6.04 Å². The zero-order valence-electron chi connectivity index (χ0n) is 14.9.